The summed E-state index contributed by atoms with van der Waals surface area (Å²) in [7, 11) is 0. The van der Waals surface area contributed by atoms with E-state index in [4.69, 9.17) is 0 Å². The van der Waals surface area contributed by atoms with E-state index in [0.29, 0.717) is 17.2 Å². The SMILES string of the molecule is CCC(C)SCCC1CCCC1(NC1CC1)C(=O)O. The van der Waals surface area contributed by atoms with Gasteiger partial charge in [0.15, 0.2) is 0 Å². The molecule has 2 fully saturated rings. The number of aliphatic carboxylic acids is 1. The number of hydrogen-bond donors (Lipinski definition) is 2. The fraction of sp³-hybridized carbons (Fsp3) is 0.933. The third-order valence-electron chi connectivity index (χ3n) is 4.68. The predicted octanol–water partition coefficient (Wildman–Crippen LogP) is 3.28. The fourth-order valence-electron chi connectivity index (χ4n) is 3.12. The Bertz CT molecular complexity index is 319. The van der Waals surface area contributed by atoms with Gasteiger partial charge in [-0.1, -0.05) is 20.3 Å². The summed E-state index contributed by atoms with van der Waals surface area (Å²) in [6.45, 7) is 4.47. The van der Waals surface area contributed by atoms with Crippen molar-refractivity contribution in [1.29, 1.82) is 0 Å². The van der Waals surface area contributed by atoms with Gasteiger partial charge in [0.1, 0.15) is 5.54 Å². The van der Waals surface area contributed by atoms with E-state index in [0.717, 1.165) is 44.3 Å². The second-order valence-electron chi connectivity index (χ2n) is 6.16. The van der Waals surface area contributed by atoms with Gasteiger partial charge >= 0.3 is 5.97 Å². The van der Waals surface area contributed by atoms with Crippen molar-refractivity contribution in [2.24, 2.45) is 5.92 Å². The van der Waals surface area contributed by atoms with Crippen molar-refractivity contribution in [2.75, 3.05) is 5.75 Å². The van der Waals surface area contributed by atoms with Crippen molar-refractivity contribution in [3.63, 3.8) is 0 Å². The van der Waals surface area contributed by atoms with Crippen LogP contribution in [0.1, 0.15) is 58.8 Å². The van der Waals surface area contributed by atoms with Crippen LogP contribution in [0.4, 0.5) is 0 Å². The van der Waals surface area contributed by atoms with Crippen molar-refractivity contribution in [2.45, 2.75) is 75.6 Å². The van der Waals surface area contributed by atoms with Crippen LogP contribution in [0.3, 0.4) is 0 Å². The smallest absolute Gasteiger partial charge is 0.324 e. The molecule has 0 saturated heterocycles. The van der Waals surface area contributed by atoms with Crippen LogP contribution in [-0.2, 0) is 4.79 Å². The lowest BCUT2D eigenvalue weighted by Gasteiger charge is -2.33. The lowest BCUT2D eigenvalue weighted by Crippen LogP contribution is -2.55. The molecule has 2 N–H and O–H groups in total. The minimum atomic E-state index is -0.615. The van der Waals surface area contributed by atoms with Gasteiger partial charge in [-0.25, -0.2) is 0 Å². The first kappa shape index (κ1) is 15.2. The molecule has 0 bridgehead atoms. The van der Waals surface area contributed by atoms with Crippen molar-refractivity contribution in [3.8, 4) is 0 Å². The van der Waals surface area contributed by atoms with Gasteiger partial charge in [0, 0.05) is 11.3 Å². The number of carboxylic acids is 1. The quantitative estimate of drug-likeness (QED) is 0.718. The van der Waals surface area contributed by atoms with Gasteiger partial charge in [0.05, 0.1) is 0 Å². The number of carboxylic acid groups (broad SMARTS) is 1. The highest BCUT2D eigenvalue weighted by molar-refractivity contribution is 7.99. The third kappa shape index (κ3) is 3.66. The van der Waals surface area contributed by atoms with Crippen molar-refractivity contribution in [3.05, 3.63) is 0 Å². The molecule has 19 heavy (non-hydrogen) atoms. The first-order chi connectivity index (χ1) is 9.08. The Hall–Kier alpha value is -0.220. The maximum Gasteiger partial charge on any atom is 0.324 e. The Labute approximate surface area is 120 Å². The zero-order valence-electron chi connectivity index (χ0n) is 12.2. The average molecular weight is 285 g/mol. The summed E-state index contributed by atoms with van der Waals surface area (Å²) in [5.74, 6) is 0.804. The molecule has 0 aromatic rings. The standard InChI is InChI=1S/C15H27NO2S/c1-3-11(2)19-10-8-12-5-4-9-15(12,14(17)18)16-13-6-7-13/h11-13,16H,3-10H2,1-2H3,(H,17,18). The lowest BCUT2D eigenvalue weighted by molar-refractivity contribution is -0.146. The molecule has 3 unspecified atom stereocenters. The Morgan fingerprint density at radius 3 is 2.79 bits per heavy atom. The normalized spacial score (nSPS) is 32.4. The molecule has 0 aliphatic heterocycles. The van der Waals surface area contributed by atoms with E-state index in [2.05, 4.69) is 19.2 Å². The summed E-state index contributed by atoms with van der Waals surface area (Å²) in [5.41, 5.74) is -0.614. The molecule has 4 heteroatoms. The number of rotatable bonds is 8. The molecule has 3 atom stereocenters. The highest BCUT2D eigenvalue weighted by Crippen LogP contribution is 2.41. The Kier molecular flexibility index (Phi) is 5.18. The van der Waals surface area contributed by atoms with Crippen LogP contribution < -0.4 is 5.32 Å². The van der Waals surface area contributed by atoms with Crippen LogP contribution in [0.5, 0.6) is 0 Å². The van der Waals surface area contributed by atoms with Crippen LogP contribution >= 0.6 is 11.8 Å². The van der Waals surface area contributed by atoms with Gasteiger partial charge in [-0.2, -0.15) is 11.8 Å². The number of nitrogens with one attached hydrogen (secondary N) is 1. The molecule has 2 saturated carbocycles. The third-order valence-corrected chi connectivity index (χ3v) is 6.06. The van der Waals surface area contributed by atoms with E-state index < -0.39 is 11.5 Å². The molecular formula is C15H27NO2S. The first-order valence-corrected chi connectivity index (χ1v) is 8.76. The van der Waals surface area contributed by atoms with Crippen molar-refractivity contribution in [1.82, 2.24) is 5.32 Å². The molecule has 110 valence electrons. The van der Waals surface area contributed by atoms with Crippen LogP contribution in [0.25, 0.3) is 0 Å². The predicted molar refractivity (Wildman–Crippen MR) is 80.7 cm³/mol. The molecule has 0 heterocycles. The van der Waals surface area contributed by atoms with Crippen LogP contribution in [0.15, 0.2) is 0 Å². The Morgan fingerprint density at radius 1 is 1.47 bits per heavy atom. The molecule has 0 aromatic carbocycles. The number of carbonyl (C=O) groups is 1. The molecule has 2 rings (SSSR count). The Morgan fingerprint density at radius 2 is 2.21 bits per heavy atom. The summed E-state index contributed by atoms with van der Waals surface area (Å²) < 4.78 is 0. The topological polar surface area (TPSA) is 49.3 Å². The highest BCUT2D eigenvalue weighted by Gasteiger charge is 2.50. The van der Waals surface area contributed by atoms with E-state index in [-0.39, 0.29) is 0 Å². The van der Waals surface area contributed by atoms with Crippen molar-refractivity contribution < 1.29 is 9.90 Å². The monoisotopic (exact) mass is 285 g/mol. The van der Waals surface area contributed by atoms with E-state index in [1.165, 1.54) is 6.42 Å². The summed E-state index contributed by atoms with van der Waals surface area (Å²) in [4.78, 5) is 11.8. The summed E-state index contributed by atoms with van der Waals surface area (Å²) in [5, 5.41) is 13.8. The highest BCUT2D eigenvalue weighted by atomic mass is 32.2. The maximum atomic E-state index is 11.8. The molecule has 2 aliphatic rings. The zero-order chi connectivity index (χ0) is 13.9. The van der Waals surface area contributed by atoms with Gasteiger partial charge in [0.2, 0.25) is 0 Å². The second kappa shape index (κ2) is 6.49. The Balaban J connectivity index is 1.90. The van der Waals surface area contributed by atoms with E-state index in [1.54, 1.807) is 0 Å². The summed E-state index contributed by atoms with van der Waals surface area (Å²) in [6.07, 6.45) is 7.50. The molecule has 0 amide bonds. The average Bonchev–Trinajstić information content (AvgIpc) is 3.09. The summed E-state index contributed by atoms with van der Waals surface area (Å²) in [6, 6.07) is 0.471. The van der Waals surface area contributed by atoms with Crippen LogP contribution in [0.2, 0.25) is 0 Å². The van der Waals surface area contributed by atoms with E-state index in [9.17, 15) is 9.90 Å². The van der Waals surface area contributed by atoms with E-state index in [1.807, 2.05) is 11.8 Å². The molecular weight excluding hydrogens is 258 g/mol. The molecule has 0 radical (unpaired) electrons. The number of hydrogen-bond acceptors (Lipinski definition) is 3. The van der Waals surface area contributed by atoms with Gasteiger partial charge in [-0.15, -0.1) is 0 Å². The molecule has 0 aromatic heterocycles. The number of thioether (sulfide) groups is 1. The molecule has 2 aliphatic carbocycles. The molecule has 0 spiro atoms. The first-order valence-electron chi connectivity index (χ1n) is 7.71. The van der Waals surface area contributed by atoms with Crippen molar-refractivity contribution >= 4 is 17.7 Å². The van der Waals surface area contributed by atoms with Crippen LogP contribution in [-0.4, -0.2) is 33.7 Å². The molecule has 3 nitrogen and oxygen atoms in total. The summed E-state index contributed by atoms with van der Waals surface area (Å²) >= 11 is 1.99. The fourth-order valence-corrected chi connectivity index (χ4v) is 4.18. The van der Waals surface area contributed by atoms with Gasteiger partial charge in [0.25, 0.3) is 0 Å². The van der Waals surface area contributed by atoms with Gasteiger partial charge < -0.3 is 5.11 Å². The minimum Gasteiger partial charge on any atom is -0.480 e. The maximum absolute atomic E-state index is 11.8. The van der Waals surface area contributed by atoms with E-state index >= 15 is 0 Å². The zero-order valence-corrected chi connectivity index (χ0v) is 13.0. The second-order valence-corrected chi connectivity index (χ2v) is 7.71. The minimum absolute atomic E-state index is 0.321. The van der Waals surface area contributed by atoms with Gasteiger partial charge in [-0.05, 0) is 50.2 Å². The lowest BCUT2D eigenvalue weighted by atomic mass is 9.85. The largest absolute Gasteiger partial charge is 0.480 e. The van der Waals surface area contributed by atoms with Gasteiger partial charge in [-0.3, -0.25) is 10.1 Å². The van der Waals surface area contributed by atoms with Crippen LogP contribution in [0, 0.1) is 5.92 Å².